The van der Waals surface area contributed by atoms with Crippen molar-refractivity contribution in [1.29, 1.82) is 0 Å². The molecule has 9 heteroatoms. The number of carbonyl (C=O) groups excluding carboxylic acids is 2. The molecule has 0 radical (unpaired) electrons. The molecule has 0 aliphatic heterocycles. The second-order valence-corrected chi connectivity index (χ2v) is 7.73. The van der Waals surface area contributed by atoms with E-state index >= 15 is 0 Å². The molecule has 3 N–H and O–H groups in total. The summed E-state index contributed by atoms with van der Waals surface area (Å²) in [4.78, 5) is 24.0. The first-order valence-corrected chi connectivity index (χ1v) is 9.78. The van der Waals surface area contributed by atoms with E-state index in [1.165, 1.54) is 19.1 Å². The van der Waals surface area contributed by atoms with Crippen LogP contribution in [0.3, 0.4) is 0 Å². The quantitative estimate of drug-likeness (QED) is 0.671. The van der Waals surface area contributed by atoms with Gasteiger partial charge in [0.25, 0.3) is 0 Å². The number of carbonyl (C=O) groups is 2. The first kappa shape index (κ1) is 18.5. The van der Waals surface area contributed by atoms with Gasteiger partial charge in [0.05, 0.1) is 12.1 Å². The molecule has 2 amide bonds. The van der Waals surface area contributed by atoms with Crippen LogP contribution >= 0.6 is 0 Å². The predicted molar refractivity (Wildman–Crippen MR) is 99.6 cm³/mol. The summed E-state index contributed by atoms with van der Waals surface area (Å²) in [7, 11) is 0. The van der Waals surface area contributed by atoms with Crippen molar-refractivity contribution in [1.82, 2.24) is 20.7 Å². The number of nitrogens with zero attached hydrogens (tertiary/aromatic N) is 2. The van der Waals surface area contributed by atoms with Gasteiger partial charge in [0.15, 0.2) is 5.82 Å². The third-order valence-corrected chi connectivity index (χ3v) is 5.47. The minimum atomic E-state index is -0.324. The van der Waals surface area contributed by atoms with E-state index in [2.05, 4.69) is 26.0 Å². The average Bonchev–Trinajstić information content (AvgIpc) is 3.01. The smallest absolute Gasteiger partial charge is 0.407 e. The highest BCUT2D eigenvalue weighted by molar-refractivity contribution is 5.91. The van der Waals surface area contributed by atoms with Crippen molar-refractivity contribution in [2.24, 2.45) is 5.92 Å². The molecule has 150 valence electrons. The highest BCUT2D eigenvalue weighted by Gasteiger charge is 2.32. The van der Waals surface area contributed by atoms with E-state index in [0.29, 0.717) is 17.4 Å². The topological polar surface area (TPSA) is 122 Å². The van der Waals surface area contributed by atoms with Crippen LogP contribution in [0, 0.1) is 5.92 Å². The molecular formula is C19H25N5O4. The Hall–Kier alpha value is -2.84. The number of amides is 2. The van der Waals surface area contributed by atoms with E-state index in [1.807, 2.05) is 13.0 Å². The van der Waals surface area contributed by atoms with Crippen molar-refractivity contribution >= 4 is 17.8 Å². The van der Waals surface area contributed by atoms with Crippen LogP contribution in [-0.4, -0.2) is 39.5 Å². The maximum absolute atomic E-state index is 12.0. The van der Waals surface area contributed by atoms with E-state index in [9.17, 15) is 9.59 Å². The Labute approximate surface area is 162 Å². The third kappa shape index (κ3) is 4.71. The monoisotopic (exact) mass is 387 g/mol. The number of ether oxygens (including phenoxy) is 1. The molecule has 0 saturated heterocycles. The van der Waals surface area contributed by atoms with Gasteiger partial charge in [-0.1, -0.05) is 5.16 Å². The summed E-state index contributed by atoms with van der Waals surface area (Å²) in [5.74, 6) is 1.10. The van der Waals surface area contributed by atoms with Gasteiger partial charge in [-0.05, 0) is 44.9 Å². The van der Waals surface area contributed by atoms with Gasteiger partial charge in [-0.25, -0.2) is 4.79 Å². The molecule has 2 aliphatic carbocycles. The minimum absolute atomic E-state index is 0.0927. The van der Waals surface area contributed by atoms with E-state index < -0.39 is 0 Å². The molecule has 28 heavy (non-hydrogen) atoms. The molecule has 4 rings (SSSR count). The van der Waals surface area contributed by atoms with Crippen LogP contribution in [0.1, 0.15) is 56.3 Å². The number of alkyl carbamates (subject to hydrolysis) is 1. The number of anilines is 1. The molecule has 0 unspecified atom stereocenters. The van der Waals surface area contributed by atoms with Crippen LogP contribution in [0.15, 0.2) is 22.9 Å². The summed E-state index contributed by atoms with van der Waals surface area (Å²) in [6.45, 7) is 2.03. The lowest BCUT2D eigenvalue weighted by Gasteiger charge is -2.16. The molecule has 2 aromatic heterocycles. The molecule has 2 aliphatic rings. The molecule has 0 spiro atoms. The van der Waals surface area contributed by atoms with Crippen molar-refractivity contribution < 1.29 is 18.8 Å². The fourth-order valence-electron chi connectivity index (χ4n) is 3.71. The molecule has 2 saturated carbocycles. The van der Waals surface area contributed by atoms with E-state index in [1.54, 1.807) is 6.07 Å². The standard InChI is InChI=1S/C19H25N5O4/c1-11(12-2-3-12)20-19(26)28-15-5-4-13(8-15)16-10-17(23-22-16)21-18(25)9-14-6-7-27-24-14/h6-7,10-13,15H,2-5,8-9H2,1H3,(H,20,26)(H2,21,22,23,25)/t11-,13+,15-/m1/s1. The van der Waals surface area contributed by atoms with Crippen LogP contribution in [-0.2, 0) is 16.0 Å². The summed E-state index contributed by atoms with van der Waals surface area (Å²) < 4.78 is 10.3. The molecule has 2 fully saturated rings. The van der Waals surface area contributed by atoms with E-state index in [4.69, 9.17) is 9.26 Å². The number of aromatic amines is 1. The van der Waals surface area contributed by atoms with Gasteiger partial charge in [0.1, 0.15) is 12.4 Å². The van der Waals surface area contributed by atoms with Crippen LogP contribution in [0.4, 0.5) is 10.6 Å². The molecule has 2 aromatic rings. The Morgan fingerprint density at radius 3 is 2.96 bits per heavy atom. The van der Waals surface area contributed by atoms with Gasteiger partial charge in [-0.15, -0.1) is 0 Å². The van der Waals surface area contributed by atoms with Gasteiger partial charge >= 0.3 is 6.09 Å². The molecule has 3 atom stereocenters. The summed E-state index contributed by atoms with van der Waals surface area (Å²) in [6, 6.07) is 3.67. The van der Waals surface area contributed by atoms with Gasteiger partial charge in [0, 0.05) is 29.8 Å². The highest BCUT2D eigenvalue weighted by atomic mass is 16.6. The SMILES string of the molecule is C[C@@H](NC(=O)O[C@@H]1CC[C@H](c2cc(NC(=O)Cc3ccon3)n[nH]2)C1)C1CC1. The molecular weight excluding hydrogens is 362 g/mol. The van der Waals surface area contributed by atoms with Crippen molar-refractivity contribution in [3.8, 4) is 0 Å². The van der Waals surface area contributed by atoms with Crippen molar-refractivity contribution in [3.05, 3.63) is 29.8 Å². The van der Waals surface area contributed by atoms with E-state index in [0.717, 1.165) is 25.0 Å². The first-order chi connectivity index (χ1) is 13.6. The minimum Gasteiger partial charge on any atom is -0.446 e. The number of nitrogens with one attached hydrogen (secondary N) is 3. The zero-order valence-electron chi connectivity index (χ0n) is 15.8. The van der Waals surface area contributed by atoms with Gasteiger partial charge < -0.3 is 19.9 Å². The fraction of sp³-hybridized carbons (Fsp3) is 0.579. The fourth-order valence-corrected chi connectivity index (χ4v) is 3.71. The number of aromatic nitrogens is 3. The largest absolute Gasteiger partial charge is 0.446 e. The maximum atomic E-state index is 12.0. The summed E-state index contributed by atoms with van der Waals surface area (Å²) in [6.07, 6.45) is 6.00. The summed E-state index contributed by atoms with van der Waals surface area (Å²) >= 11 is 0. The number of rotatable bonds is 7. The van der Waals surface area contributed by atoms with Gasteiger partial charge in [-0.2, -0.15) is 5.10 Å². The Balaban J connectivity index is 1.24. The Morgan fingerprint density at radius 1 is 1.36 bits per heavy atom. The molecule has 0 aromatic carbocycles. The summed E-state index contributed by atoms with van der Waals surface area (Å²) in [5.41, 5.74) is 1.51. The van der Waals surface area contributed by atoms with Crippen molar-refractivity contribution in [3.63, 3.8) is 0 Å². The number of hydrogen-bond donors (Lipinski definition) is 3. The average molecular weight is 387 g/mol. The van der Waals surface area contributed by atoms with Gasteiger partial charge in [0.2, 0.25) is 5.91 Å². The van der Waals surface area contributed by atoms with E-state index in [-0.39, 0.29) is 36.5 Å². The lowest BCUT2D eigenvalue weighted by atomic mass is 10.0. The number of H-pyrrole nitrogens is 1. The van der Waals surface area contributed by atoms with Crippen molar-refractivity contribution in [2.75, 3.05) is 5.32 Å². The van der Waals surface area contributed by atoms with Crippen LogP contribution < -0.4 is 10.6 Å². The second kappa shape index (κ2) is 8.04. The summed E-state index contributed by atoms with van der Waals surface area (Å²) in [5, 5.41) is 16.5. The number of hydrogen-bond acceptors (Lipinski definition) is 6. The van der Waals surface area contributed by atoms with Gasteiger partial charge in [-0.3, -0.25) is 9.89 Å². The third-order valence-electron chi connectivity index (χ3n) is 5.47. The molecule has 0 bridgehead atoms. The van der Waals surface area contributed by atoms with Crippen LogP contribution in [0.25, 0.3) is 0 Å². The Kier molecular flexibility index (Phi) is 5.31. The van der Waals surface area contributed by atoms with Crippen LogP contribution in [0.2, 0.25) is 0 Å². The molecule has 9 nitrogen and oxygen atoms in total. The molecule has 2 heterocycles. The zero-order chi connectivity index (χ0) is 19.5. The normalized spacial score (nSPS) is 22.6. The lowest BCUT2D eigenvalue weighted by Crippen LogP contribution is -2.36. The Morgan fingerprint density at radius 2 is 2.21 bits per heavy atom. The lowest BCUT2D eigenvalue weighted by molar-refractivity contribution is -0.115. The predicted octanol–water partition coefficient (Wildman–Crippen LogP) is 2.74. The van der Waals surface area contributed by atoms with Crippen LogP contribution in [0.5, 0.6) is 0 Å². The first-order valence-electron chi connectivity index (χ1n) is 9.78. The maximum Gasteiger partial charge on any atom is 0.407 e. The highest BCUT2D eigenvalue weighted by Crippen LogP contribution is 2.36. The zero-order valence-corrected chi connectivity index (χ0v) is 15.8. The second-order valence-electron chi connectivity index (χ2n) is 7.73. The van der Waals surface area contributed by atoms with Crippen molar-refractivity contribution in [2.45, 2.75) is 63.5 Å². The Bertz CT molecular complexity index is 814.